The first-order valence-electron chi connectivity index (χ1n) is 6.04. The van der Waals surface area contributed by atoms with Crippen LogP contribution in [0.25, 0.3) is 0 Å². The minimum absolute atomic E-state index is 0.0768. The van der Waals surface area contributed by atoms with Crippen LogP contribution in [-0.2, 0) is 16.1 Å². The fourth-order valence-corrected chi connectivity index (χ4v) is 2.35. The number of nitrogens with zero attached hydrogens (tertiary/aromatic N) is 3. The van der Waals surface area contributed by atoms with Gasteiger partial charge in [-0.05, 0) is 18.4 Å². The lowest BCUT2D eigenvalue weighted by molar-refractivity contribution is -0.149. The zero-order valence-electron chi connectivity index (χ0n) is 10.5. The molecule has 7 heteroatoms. The molecule has 0 spiro atoms. The second kappa shape index (κ2) is 5.21. The van der Waals surface area contributed by atoms with Crippen LogP contribution in [0.2, 0.25) is 0 Å². The van der Waals surface area contributed by atoms with Gasteiger partial charge in [-0.25, -0.2) is 14.6 Å². The van der Waals surface area contributed by atoms with Crippen LogP contribution in [0.5, 0.6) is 0 Å². The Kier molecular flexibility index (Phi) is 3.64. The highest BCUT2D eigenvalue weighted by molar-refractivity contribution is 5.84. The Morgan fingerprint density at radius 1 is 1.53 bits per heavy atom. The summed E-state index contributed by atoms with van der Waals surface area (Å²) >= 11 is 0. The Bertz CT molecular complexity index is 554. The van der Waals surface area contributed by atoms with E-state index in [-0.39, 0.29) is 18.4 Å². The van der Waals surface area contributed by atoms with Gasteiger partial charge < -0.3 is 10.0 Å². The molecule has 1 aliphatic rings. The summed E-state index contributed by atoms with van der Waals surface area (Å²) in [5.41, 5.74) is -0.519. The molecule has 19 heavy (non-hydrogen) atoms. The highest BCUT2D eigenvalue weighted by atomic mass is 16.4. The number of aliphatic carboxylic acids is 1. The molecule has 0 aliphatic carbocycles. The molecular formula is C12H15N3O4. The summed E-state index contributed by atoms with van der Waals surface area (Å²) in [6.45, 7) is 2.04. The third-order valence-electron chi connectivity index (χ3n) is 3.36. The van der Waals surface area contributed by atoms with Crippen molar-refractivity contribution in [2.75, 3.05) is 6.54 Å². The van der Waals surface area contributed by atoms with E-state index in [4.69, 9.17) is 5.11 Å². The molecule has 1 saturated heterocycles. The van der Waals surface area contributed by atoms with Gasteiger partial charge >= 0.3 is 11.7 Å². The number of amides is 1. The van der Waals surface area contributed by atoms with Crippen molar-refractivity contribution in [3.63, 3.8) is 0 Å². The molecule has 1 aromatic rings. The zero-order valence-corrected chi connectivity index (χ0v) is 10.5. The molecule has 102 valence electrons. The van der Waals surface area contributed by atoms with E-state index in [1.165, 1.54) is 21.9 Å². The van der Waals surface area contributed by atoms with Gasteiger partial charge in [-0.3, -0.25) is 9.36 Å². The summed E-state index contributed by atoms with van der Waals surface area (Å²) in [7, 11) is 0. The number of carbonyl (C=O) groups excluding carboxylic acids is 1. The second-order valence-electron chi connectivity index (χ2n) is 4.67. The van der Waals surface area contributed by atoms with Gasteiger partial charge in [0.05, 0.1) is 0 Å². The molecule has 2 atom stereocenters. The molecule has 1 fully saturated rings. The fraction of sp³-hybridized carbons (Fsp3) is 0.500. The van der Waals surface area contributed by atoms with Crippen molar-refractivity contribution in [1.29, 1.82) is 0 Å². The molecule has 2 heterocycles. The average Bonchev–Trinajstić information content (AvgIpc) is 2.74. The quantitative estimate of drug-likeness (QED) is 0.800. The summed E-state index contributed by atoms with van der Waals surface area (Å²) in [4.78, 5) is 39.6. The minimum Gasteiger partial charge on any atom is -0.480 e. The van der Waals surface area contributed by atoms with Crippen molar-refractivity contribution in [2.24, 2.45) is 5.92 Å². The van der Waals surface area contributed by atoms with E-state index in [9.17, 15) is 14.4 Å². The number of hydrogen-bond donors (Lipinski definition) is 1. The maximum Gasteiger partial charge on any atom is 0.347 e. The van der Waals surface area contributed by atoms with Gasteiger partial charge in [-0.2, -0.15) is 0 Å². The first-order chi connectivity index (χ1) is 9.00. The number of aromatic nitrogens is 2. The van der Waals surface area contributed by atoms with Crippen LogP contribution in [0.1, 0.15) is 13.3 Å². The lowest BCUT2D eigenvalue weighted by atomic mass is 10.0. The Balaban J connectivity index is 2.14. The topological polar surface area (TPSA) is 92.5 Å². The fourth-order valence-electron chi connectivity index (χ4n) is 2.35. The van der Waals surface area contributed by atoms with E-state index in [0.29, 0.717) is 13.0 Å². The molecule has 1 N–H and O–H groups in total. The van der Waals surface area contributed by atoms with Gasteiger partial charge in [0.2, 0.25) is 5.91 Å². The van der Waals surface area contributed by atoms with Gasteiger partial charge in [0.15, 0.2) is 0 Å². The predicted molar refractivity (Wildman–Crippen MR) is 65.4 cm³/mol. The highest BCUT2D eigenvalue weighted by Gasteiger charge is 2.39. The highest BCUT2D eigenvalue weighted by Crippen LogP contribution is 2.24. The van der Waals surface area contributed by atoms with Crippen LogP contribution < -0.4 is 5.69 Å². The minimum atomic E-state index is -1.00. The maximum atomic E-state index is 12.1. The molecule has 7 nitrogen and oxygen atoms in total. The lowest BCUT2D eigenvalue weighted by Gasteiger charge is -2.23. The van der Waals surface area contributed by atoms with Crippen molar-refractivity contribution in [2.45, 2.75) is 25.9 Å². The van der Waals surface area contributed by atoms with Crippen LogP contribution in [0.15, 0.2) is 23.3 Å². The second-order valence-corrected chi connectivity index (χ2v) is 4.67. The lowest BCUT2D eigenvalue weighted by Crippen LogP contribution is -2.45. The molecule has 1 amide bonds. The summed E-state index contributed by atoms with van der Waals surface area (Å²) in [5.74, 6) is -1.45. The first kappa shape index (κ1) is 13.3. The van der Waals surface area contributed by atoms with Crippen molar-refractivity contribution in [1.82, 2.24) is 14.5 Å². The summed E-state index contributed by atoms with van der Waals surface area (Å²) in [6.07, 6.45) is 3.47. The molecule has 0 radical (unpaired) electrons. The maximum absolute atomic E-state index is 12.1. The van der Waals surface area contributed by atoms with Crippen LogP contribution in [-0.4, -0.2) is 44.0 Å². The third kappa shape index (κ3) is 2.64. The van der Waals surface area contributed by atoms with Gasteiger partial charge in [0.1, 0.15) is 12.6 Å². The summed E-state index contributed by atoms with van der Waals surface area (Å²) in [6, 6.07) is 0.746. The smallest absolute Gasteiger partial charge is 0.347 e. The van der Waals surface area contributed by atoms with Crippen molar-refractivity contribution in [3.05, 3.63) is 28.9 Å². The molecule has 1 aromatic heterocycles. The van der Waals surface area contributed by atoms with Gasteiger partial charge in [-0.15, -0.1) is 0 Å². The number of likely N-dealkylation sites (tertiary alicyclic amines) is 1. The van der Waals surface area contributed by atoms with E-state index in [2.05, 4.69) is 4.98 Å². The van der Waals surface area contributed by atoms with Crippen LogP contribution in [0.4, 0.5) is 0 Å². The zero-order chi connectivity index (χ0) is 14.0. The third-order valence-corrected chi connectivity index (χ3v) is 3.36. The molecule has 0 saturated carbocycles. The van der Waals surface area contributed by atoms with Gasteiger partial charge in [-0.1, -0.05) is 6.92 Å². The Labute approximate surface area is 109 Å². The van der Waals surface area contributed by atoms with E-state index >= 15 is 0 Å². The van der Waals surface area contributed by atoms with E-state index < -0.39 is 17.7 Å². The number of carboxylic acids is 1. The first-order valence-corrected chi connectivity index (χ1v) is 6.04. The SMILES string of the molecule is CC1CCN(C(=O)Cn2cccnc2=O)C1C(=O)O. The summed E-state index contributed by atoms with van der Waals surface area (Å²) < 4.78 is 1.17. The monoisotopic (exact) mass is 265 g/mol. The van der Waals surface area contributed by atoms with E-state index in [1.54, 1.807) is 6.07 Å². The number of hydrogen-bond acceptors (Lipinski definition) is 4. The molecule has 0 bridgehead atoms. The number of rotatable bonds is 3. The van der Waals surface area contributed by atoms with Crippen LogP contribution in [0.3, 0.4) is 0 Å². The van der Waals surface area contributed by atoms with Gasteiger partial charge in [0, 0.05) is 18.9 Å². The Morgan fingerprint density at radius 2 is 2.26 bits per heavy atom. The standard InChI is InChI=1S/C12H15N3O4/c1-8-3-6-15(10(8)11(17)18)9(16)7-14-5-2-4-13-12(14)19/h2,4-5,8,10H,3,6-7H2,1H3,(H,17,18). The van der Waals surface area contributed by atoms with Crippen LogP contribution >= 0.6 is 0 Å². The number of carbonyl (C=O) groups is 2. The number of carboxylic acid groups (broad SMARTS) is 1. The molecule has 0 aromatic carbocycles. The normalized spacial score (nSPS) is 22.5. The van der Waals surface area contributed by atoms with Crippen molar-refractivity contribution in [3.8, 4) is 0 Å². The summed E-state index contributed by atoms with van der Waals surface area (Å²) in [5, 5.41) is 9.15. The van der Waals surface area contributed by atoms with E-state index in [1.807, 2.05) is 6.92 Å². The van der Waals surface area contributed by atoms with Gasteiger partial charge in [0.25, 0.3) is 0 Å². The predicted octanol–water partition coefficient (Wildman–Crippen LogP) is -0.435. The molecular weight excluding hydrogens is 250 g/mol. The largest absolute Gasteiger partial charge is 0.480 e. The molecule has 2 rings (SSSR count). The Morgan fingerprint density at radius 3 is 2.89 bits per heavy atom. The van der Waals surface area contributed by atoms with Crippen LogP contribution in [0, 0.1) is 5.92 Å². The average molecular weight is 265 g/mol. The molecule has 1 aliphatic heterocycles. The van der Waals surface area contributed by atoms with E-state index in [0.717, 1.165) is 0 Å². The van der Waals surface area contributed by atoms with Crippen molar-refractivity contribution < 1.29 is 14.7 Å². The van der Waals surface area contributed by atoms with Crippen molar-refractivity contribution >= 4 is 11.9 Å². The molecule has 2 unspecified atom stereocenters. The Hall–Kier alpha value is -2.18.